The fourth-order valence-electron chi connectivity index (χ4n) is 1.78. The van der Waals surface area contributed by atoms with Crippen molar-refractivity contribution < 1.29 is 4.79 Å². The summed E-state index contributed by atoms with van der Waals surface area (Å²) in [5.41, 5.74) is 13.8. The molecular weight excluding hydrogens is 262 g/mol. The van der Waals surface area contributed by atoms with Gasteiger partial charge in [-0.15, -0.1) is 0 Å². The SMILES string of the molecule is NC(=O)c1ccc(Cl)cc1NCc1cccc(N)c1. The van der Waals surface area contributed by atoms with E-state index in [1.807, 2.05) is 24.3 Å². The van der Waals surface area contributed by atoms with Gasteiger partial charge < -0.3 is 16.8 Å². The van der Waals surface area contributed by atoms with Crippen LogP contribution in [0.5, 0.6) is 0 Å². The van der Waals surface area contributed by atoms with Crippen molar-refractivity contribution in [3.63, 3.8) is 0 Å². The number of amides is 1. The first-order valence-electron chi connectivity index (χ1n) is 5.74. The van der Waals surface area contributed by atoms with Crippen LogP contribution in [-0.2, 0) is 6.54 Å². The van der Waals surface area contributed by atoms with Crippen LogP contribution in [0.25, 0.3) is 0 Å². The molecule has 0 saturated carbocycles. The molecule has 2 aromatic rings. The lowest BCUT2D eigenvalue weighted by Crippen LogP contribution is -2.14. The highest BCUT2D eigenvalue weighted by atomic mass is 35.5. The number of nitrogens with one attached hydrogen (secondary N) is 1. The van der Waals surface area contributed by atoms with Gasteiger partial charge in [-0.2, -0.15) is 0 Å². The first-order chi connectivity index (χ1) is 9.06. The number of primary amides is 1. The molecule has 0 aliphatic carbocycles. The summed E-state index contributed by atoms with van der Waals surface area (Å²) in [6, 6.07) is 12.4. The van der Waals surface area contributed by atoms with E-state index in [0.717, 1.165) is 5.56 Å². The van der Waals surface area contributed by atoms with Gasteiger partial charge in [0.2, 0.25) is 0 Å². The molecule has 98 valence electrons. The van der Waals surface area contributed by atoms with Crippen LogP contribution in [0.1, 0.15) is 15.9 Å². The second kappa shape index (κ2) is 5.63. The Balaban J connectivity index is 2.19. The van der Waals surface area contributed by atoms with Crippen LogP contribution in [0.15, 0.2) is 42.5 Å². The molecule has 4 nitrogen and oxygen atoms in total. The molecule has 19 heavy (non-hydrogen) atoms. The quantitative estimate of drug-likeness (QED) is 0.750. The van der Waals surface area contributed by atoms with Crippen molar-refractivity contribution in [1.29, 1.82) is 0 Å². The molecule has 0 unspecified atom stereocenters. The van der Waals surface area contributed by atoms with Crippen molar-refractivity contribution in [3.8, 4) is 0 Å². The monoisotopic (exact) mass is 275 g/mol. The van der Waals surface area contributed by atoms with Crippen molar-refractivity contribution in [2.24, 2.45) is 5.73 Å². The van der Waals surface area contributed by atoms with Gasteiger partial charge in [0.05, 0.1) is 5.56 Å². The molecule has 0 atom stereocenters. The van der Waals surface area contributed by atoms with Crippen LogP contribution < -0.4 is 16.8 Å². The number of carbonyl (C=O) groups is 1. The minimum absolute atomic E-state index is 0.410. The summed E-state index contributed by atoms with van der Waals surface area (Å²) in [7, 11) is 0. The van der Waals surface area contributed by atoms with Crippen LogP contribution >= 0.6 is 11.6 Å². The lowest BCUT2D eigenvalue weighted by molar-refractivity contribution is 0.100. The predicted molar refractivity (Wildman–Crippen MR) is 78.2 cm³/mol. The molecule has 0 heterocycles. The van der Waals surface area contributed by atoms with Gasteiger partial charge in [-0.25, -0.2) is 0 Å². The minimum Gasteiger partial charge on any atom is -0.399 e. The molecule has 0 aliphatic rings. The Morgan fingerprint density at radius 1 is 1.21 bits per heavy atom. The van der Waals surface area contributed by atoms with Gasteiger partial charge in [0.15, 0.2) is 0 Å². The molecule has 5 heteroatoms. The van der Waals surface area contributed by atoms with Crippen LogP contribution in [0.2, 0.25) is 5.02 Å². The van der Waals surface area contributed by atoms with Crippen LogP contribution in [0, 0.1) is 0 Å². The Morgan fingerprint density at radius 2 is 2.00 bits per heavy atom. The number of nitrogen functional groups attached to an aromatic ring is 1. The van der Waals surface area contributed by atoms with E-state index in [9.17, 15) is 4.79 Å². The summed E-state index contributed by atoms with van der Waals surface area (Å²) >= 11 is 5.92. The zero-order valence-corrected chi connectivity index (χ0v) is 10.9. The lowest BCUT2D eigenvalue weighted by atomic mass is 10.1. The second-order valence-corrected chi connectivity index (χ2v) is 4.59. The van der Waals surface area contributed by atoms with E-state index in [-0.39, 0.29) is 0 Å². The van der Waals surface area contributed by atoms with Crippen LogP contribution in [0.3, 0.4) is 0 Å². The van der Waals surface area contributed by atoms with Gasteiger partial charge in [-0.3, -0.25) is 4.79 Å². The van der Waals surface area contributed by atoms with E-state index < -0.39 is 5.91 Å². The summed E-state index contributed by atoms with van der Waals surface area (Å²) in [5.74, 6) is -0.494. The molecule has 5 N–H and O–H groups in total. The molecule has 2 rings (SSSR count). The van der Waals surface area contributed by atoms with E-state index in [1.54, 1.807) is 18.2 Å². The molecule has 0 saturated heterocycles. The first-order valence-corrected chi connectivity index (χ1v) is 6.11. The largest absolute Gasteiger partial charge is 0.399 e. The molecule has 0 radical (unpaired) electrons. The highest BCUT2D eigenvalue weighted by Gasteiger charge is 2.08. The molecule has 0 spiro atoms. The molecular formula is C14H14ClN3O. The number of hydrogen-bond donors (Lipinski definition) is 3. The topological polar surface area (TPSA) is 81.1 Å². The van der Waals surface area contributed by atoms with Crippen LogP contribution in [0.4, 0.5) is 11.4 Å². The fourth-order valence-corrected chi connectivity index (χ4v) is 1.95. The van der Waals surface area contributed by atoms with Gasteiger partial charge in [-0.05, 0) is 35.9 Å². The Labute approximate surface area is 116 Å². The number of anilines is 2. The second-order valence-electron chi connectivity index (χ2n) is 4.15. The van der Waals surface area contributed by atoms with Gasteiger partial charge >= 0.3 is 0 Å². The molecule has 0 aromatic heterocycles. The normalized spacial score (nSPS) is 10.2. The Kier molecular flexibility index (Phi) is 3.92. The Bertz CT molecular complexity index is 613. The van der Waals surface area contributed by atoms with E-state index in [4.69, 9.17) is 23.1 Å². The molecule has 0 aliphatic heterocycles. The number of rotatable bonds is 4. The van der Waals surface area contributed by atoms with Crippen molar-refractivity contribution in [3.05, 3.63) is 58.6 Å². The summed E-state index contributed by atoms with van der Waals surface area (Å²) in [6.45, 7) is 0.533. The van der Waals surface area contributed by atoms with Gasteiger partial charge in [0.25, 0.3) is 5.91 Å². The van der Waals surface area contributed by atoms with Crippen molar-refractivity contribution in [2.75, 3.05) is 11.1 Å². The third-order valence-electron chi connectivity index (χ3n) is 2.68. The summed E-state index contributed by atoms with van der Waals surface area (Å²) in [4.78, 5) is 11.3. The summed E-state index contributed by atoms with van der Waals surface area (Å²) < 4.78 is 0. The van der Waals surface area contributed by atoms with E-state index in [1.165, 1.54) is 0 Å². The standard InChI is InChI=1S/C14H14ClN3O/c15-10-4-5-12(14(17)19)13(7-10)18-8-9-2-1-3-11(16)6-9/h1-7,18H,8,16H2,(H2,17,19). The Hall–Kier alpha value is -2.20. The van der Waals surface area contributed by atoms with Gasteiger partial charge in [0, 0.05) is 22.9 Å². The van der Waals surface area contributed by atoms with Gasteiger partial charge in [-0.1, -0.05) is 23.7 Å². The fraction of sp³-hybridized carbons (Fsp3) is 0.0714. The van der Waals surface area contributed by atoms with Crippen LogP contribution in [-0.4, -0.2) is 5.91 Å². The highest BCUT2D eigenvalue weighted by Crippen LogP contribution is 2.21. The van der Waals surface area contributed by atoms with E-state index >= 15 is 0 Å². The smallest absolute Gasteiger partial charge is 0.250 e. The predicted octanol–water partition coefficient (Wildman–Crippen LogP) is 2.63. The number of nitrogens with two attached hydrogens (primary N) is 2. The molecule has 2 aromatic carbocycles. The van der Waals surface area contributed by atoms with Crippen molar-refractivity contribution in [1.82, 2.24) is 0 Å². The lowest BCUT2D eigenvalue weighted by Gasteiger charge is -2.11. The molecule has 0 bridgehead atoms. The maximum absolute atomic E-state index is 11.3. The maximum atomic E-state index is 11.3. The number of halogens is 1. The van der Waals surface area contributed by atoms with Crippen molar-refractivity contribution in [2.45, 2.75) is 6.54 Å². The summed E-state index contributed by atoms with van der Waals surface area (Å²) in [5, 5.41) is 3.68. The Morgan fingerprint density at radius 3 is 2.68 bits per heavy atom. The van der Waals surface area contributed by atoms with E-state index in [0.29, 0.717) is 28.5 Å². The third-order valence-corrected chi connectivity index (χ3v) is 2.92. The van der Waals surface area contributed by atoms with E-state index in [2.05, 4.69) is 5.32 Å². The third kappa shape index (κ3) is 3.39. The number of carbonyl (C=O) groups excluding carboxylic acids is 1. The average molecular weight is 276 g/mol. The molecule has 1 amide bonds. The number of hydrogen-bond acceptors (Lipinski definition) is 3. The molecule has 0 fully saturated rings. The average Bonchev–Trinajstić information content (AvgIpc) is 2.36. The maximum Gasteiger partial charge on any atom is 0.250 e. The summed E-state index contributed by atoms with van der Waals surface area (Å²) in [6.07, 6.45) is 0. The highest BCUT2D eigenvalue weighted by molar-refractivity contribution is 6.31. The first kappa shape index (κ1) is 13.2. The van der Waals surface area contributed by atoms with Crippen molar-refractivity contribution >= 4 is 28.9 Å². The zero-order chi connectivity index (χ0) is 13.8. The number of benzene rings is 2. The minimum atomic E-state index is -0.494. The zero-order valence-electron chi connectivity index (χ0n) is 10.2. The van der Waals surface area contributed by atoms with Gasteiger partial charge in [0.1, 0.15) is 0 Å².